The van der Waals surface area contributed by atoms with Gasteiger partial charge >= 0.3 is 0 Å². The van der Waals surface area contributed by atoms with E-state index in [9.17, 15) is 4.79 Å². The summed E-state index contributed by atoms with van der Waals surface area (Å²) >= 11 is 0. The summed E-state index contributed by atoms with van der Waals surface area (Å²) in [6.07, 6.45) is 0.760. The Bertz CT molecular complexity index is 754. The van der Waals surface area contributed by atoms with Crippen LogP contribution >= 0.6 is 0 Å². The second-order valence-corrected chi connectivity index (χ2v) is 5.41. The largest absolute Gasteiger partial charge is 0.496 e. The third-order valence-corrected chi connectivity index (χ3v) is 3.81. The number of hydrogen-bond acceptors (Lipinski definition) is 6. The summed E-state index contributed by atoms with van der Waals surface area (Å²) in [6.45, 7) is 2.22. The highest BCUT2D eigenvalue weighted by molar-refractivity contribution is 5.92. The van der Waals surface area contributed by atoms with Crippen LogP contribution in [0, 0.1) is 0 Å². The molecule has 2 aromatic rings. The maximum absolute atomic E-state index is 12.1. The molecule has 0 saturated carbocycles. The van der Waals surface area contributed by atoms with Crippen LogP contribution in [0.2, 0.25) is 0 Å². The molecule has 7 nitrogen and oxygen atoms in total. The van der Waals surface area contributed by atoms with Crippen molar-refractivity contribution in [1.29, 1.82) is 0 Å². The second-order valence-electron chi connectivity index (χ2n) is 5.41. The molecule has 1 atom stereocenters. The molecule has 1 amide bonds. The Morgan fingerprint density at radius 2 is 2.25 bits per heavy atom. The van der Waals surface area contributed by atoms with Crippen molar-refractivity contribution in [2.45, 2.75) is 32.4 Å². The summed E-state index contributed by atoms with van der Waals surface area (Å²) in [6, 6.07) is 9.32. The van der Waals surface area contributed by atoms with Gasteiger partial charge in [0.25, 0.3) is 5.91 Å². The molecule has 0 bridgehead atoms. The van der Waals surface area contributed by atoms with Crippen LogP contribution in [-0.2, 0) is 16.2 Å². The average molecular weight is 329 g/mol. The smallest absolute Gasteiger partial charge is 0.264 e. The first-order valence-electron chi connectivity index (χ1n) is 7.79. The highest BCUT2D eigenvalue weighted by atomic mass is 16.6. The normalized spacial score (nSPS) is 16.4. The summed E-state index contributed by atoms with van der Waals surface area (Å²) < 4.78 is 10.6. The first kappa shape index (κ1) is 16.0. The average Bonchev–Trinajstić information content (AvgIpc) is 3.29. The maximum Gasteiger partial charge on any atom is 0.264 e. The monoisotopic (exact) mass is 329 g/mol. The first-order chi connectivity index (χ1) is 11.7. The van der Waals surface area contributed by atoms with Crippen LogP contribution in [0.15, 0.2) is 40.0 Å². The number of aromatic nitrogens is 1. The number of carbonyl (C=O) groups is 1. The van der Waals surface area contributed by atoms with E-state index >= 15 is 0 Å². The lowest BCUT2D eigenvalue weighted by atomic mass is 10.1. The van der Waals surface area contributed by atoms with Crippen molar-refractivity contribution in [2.75, 3.05) is 7.11 Å². The molecular weight excluding hydrogens is 310 g/mol. The van der Waals surface area contributed by atoms with Crippen LogP contribution < -0.4 is 10.1 Å². The van der Waals surface area contributed by atoms with Crippen LogP contribution in [0.1, 0.15) is 25.5 Å². The van der Waals surface area contributed by atoms with Crippen molar-refractivity contribution < 1.29 is 18.9 Å². The van der Waals surface area contributed by atoms with Gasteiger partial charge in [-0.3, -0.25) is 4.79 Å². The van der Waals surface area contributed by atoms with Crippen molar-refractivity contribution in [3.63, 3.8) is 0 Å². The minimum atomic E-state index is -0.559. The summed E-state index contributed by atoms with van der Waals surface area (Å²) in [4.78, 5) is 17.2. The lowest BCUT2D eigenvalue weighted by Crippen LogP contribution is -2.34. The Labute approximate surface area is 139 Å². The van der Waals surface area contributed by atoms with E-state index in [1.807, 2.05) is 31.2 Å². The minimum Gasteiger partial charge on any atom is -0.496 e. The predicted octanol–water partition coefficient (Wildman–Crippen LogP) is 2.52. The van der Waals surface area contributed by atoms with Gasteiger partial charge in [0, 0.05) is 18.1 Å². The number of nitrogens with one attached hydrogen (secondary N) is 1. The van der Waals surface area contributed by atoms with Gasteiger partial charge in [0.2, 0.25) is 6.10 Å². The molecule has 1 N–H and O–H groups in total. The standard InChI is InChI=1S/C17H19N3O4/c1-3-11-8-16(24-19-11)17(21)18-10-12-9-14(20-23-12)13-6-4-5-7-15(13)22-2/h4-7,9,16H,3,8,10H2,1-2H3,(H,18,21). The Morgan fingerprint density at radius 3 is 3.00 bits per heavy atom. The van der Waals surface area contributed by atoms with E-state index in [0.717, 1.165) is 17.7 Å². The number of amides is 1. The van der Waals surface area contributed by atoms with E-state index in [0.29, 0.717) is 23.6 Å². The van der Waals surface area contributed by atoms with Gasteiger partial charge in [-0.05, 0) is 18.6 Å². The van der Waals surface area contributed by atoms with Crippen molar-refractivity contribution >= 4 is 11.6 Å². The topological polar surface area (TPSA) is 86.0 Å². The fraction of sp³-hybridized carbons (Fsp3) is 0.353. The maximum atomic E-state index is 12.1. The molecule has 1 aromatic carbocycles. The molecule has 24 heavy (non-hydrogen) atoms. The molecule has 2 heterocycles. The molecule has 0 saturated heterocycles. The Kier molecular flexibility index (Phi) is 4.79. The number of carbonyl (C=O) groups excluding carboxylic acids is 1. The molecule has 1 aliphatic heterocycles. The Balaban J connectivity index is 1.60. The minimum absolute atomic E-state index is 0.211. The van der Waals surface area contributed by atoms with Gasteiger partial charge in [-0.15, -0.1) is 0 Å². The quantitative estimate of drug-likeness (QED) is 0.880. The van der Waals surface area contributed by atoms with Crippen LogP contribution in [0.25, 0.3) is 11.3 Å². The third-order valence-electron chi connectivity index (χ3n) is 3.81. The van der Waals surface area contributed by atoms with E-state index in [-0.39, 0.29) is 12.5 Å². The molecule has 1 aromatic heterocycles. The molecule has 7 heteroatoms. The van der Waals surface area contributed by atoms with E-state index in [1.54, 1.807) is 13.2 Å². The van der Waals surface area contributed by atoms with Gasteiger partial charge in [0.1, 0.15) is 11.4 Å². The van der Waals surface area contributed by atoms with E-state index in [2.05, 4.69) is 15.6 Å². The number of methoxy groups -OCH3 is 1. The molecule has 0 aliphatic carbocycles. The number of oxime groups is 1. The molecule has 0 spiro atoms. The van der Waals surface area contributed by atoms with Gasteiger partial charge in [0.15, 0.2) is 5.76 Å². The molecule has 1 aliphatic rings. The molecule has 0 fully saturated rings. The number of benzene rings is 1. The zero-order valence-electron chi connectivity index (χ0n) is 13.6. The molecule has 3 rings (SSSR count). The Morgan fingerprint density at radius 1 is 1.42 bits per heavy atom. The van der Waals surface area contributed by atoms with Crippen molar-refractivity contribution in [3.05, 3.63) is 36.1 Å². The third kappa shape index (κ3) is 3.40. The van der Waals surface area contributed by atoms with E-state index in [1.165, 1.54) is 0 Å². The molecule has 0 radical (unpaired) electrons. The molecule has 1 unspecified atom stereocenters. The fourth-order valence-electron chi connectivity index (χ4n) is 2.44. The lowest BCUT2D eigenvalue weighted by molar-refractivity contribution is -0.131. The highest BCUT2D eigenvalue weighted by Gasteiger charge is 2.27. The molecular formula is C17H19N3O4. The number of ether oxygens (including phenoxy) is 1. The summed E-state index contributed by atoms with van der Waals surface area (Å²) in [5.74, 6) is 1.06. The van der Waals surface area contributed by atoms with Crippen LogP contribution in [-0.4, -0.2) is 30.0 Å². The van der Waals surface area contributed by atoms with Gasteiger partial charge in [-0.25, -0.2) is 0 Å². The van der Waals surface area contributed by atoms with Gasteiger partial charge in [-0.1, -0.05) is 29.4 Å². The number of rotatable bonds is 6. The fourth-order valence-corrected chi connectivity index (χ4v) is 2.44. The molecule has 126 valence electrons. The predicted molar refractivity (Wildman–Crippen MR) is 87.6 cm³/mol. The van der Waals surface area contributed by atoms with Gasteiger partial charge in [0.05, 0.1) is 19.4 Å². The van der Waals surface area contributed by atoms with Crippen molar-refractivity contribution in [2.24, 2.45) is 5.16 Å². The van der Waals surface area contributed by atoms with Gasteiger partial charge < -0.3 is 19.4 Å². The summed E-state index contributed by atoms with van der Waals surface area (Å²) in [5, 5.41) is 10.7. The SMILES string of the molecule is CCC1=NOC(C(=O)NCc2cc(-c3ccccc3OC)no2)C1. The number of hydrogen-bond donors (Lipinski definition) is 1. The van der Waals surface area contributed by atoms with Crippen LogP contribution in [0.3, 0.4) is 0 Å². The van der Waals surface area contributed by atoms with E-state index < -0.39 is 6.10 Å². The van der Waals surface area contributed by atoms with Crippen molar-refractivity contribution in [3.8, 4) is 17.0 Å². The van der Waals surface area contributed by atoms with Crippen LogP contribution in [0.4, 0.5) is 0 Å². The number of para-hydroxylation sites is 1. The summed E-state index contributed by atoms with van der Waals surface area (Å²) in [5.41, 5.74) is 2.39. The second kappa shape index (κ2) is 7.16. The zero-order valence-corrected chi connectivity index (χ0v) is 13.6. The number of nitrogens with zero attached hydrogens (tertiary/aromatic N) is 2. The zero-order chi connectivity index (χ0) is 16.9. The lowest BCUT2D eigenvalue weighted by Gasteiger charge is -2.07. The van der Waals surface area contributed by atoms with Crippen LogP contribution in [0.5, 0.6) is 5.75 Å². The highest BCUT2D eigenvalue weighted by Crippen LogP contribution is 2.28. The summed E-state index contributed by atoms with van der Waals surface area (Å²) in [7, 11) is 1.61. The van der Waals surface area contributed by atoms with Crippen molar-refractivity contribution in [1.82, 2.24) is 10.5 Å². The van der Waals surface area contributed by atoms with Gasteiger partial charge in [-0.2, -0.15) is 0 Å². The van der Waals surface area contributed by atoms with E-state index in [4.69, 9.17) is 14.1 Å². The first-order valence-corrected chi connectivity index (χ1v) is 7.79. The Hall–Kier alpha value is -2.83.